The van der Waals surface area contributed by atoms with Crippen LogP contribution in [0.4, 0.5) is 11.6 Å². The Morgan fingerprint density at radius 3 is 2.55 bits per heavy atom. The van der Waals surface area contributed by atoms with Crippen LogP contribution >= 0.6 is 34.7 Å². The molecule has 3 aromatic rings. The summed E-state index contributed by atoms with van der Waals surface area (Å²) in [4.78, 5) is 8.75. The van der Waals surface area contributed by atoms with Crippen LogP contribution in [0.25, 0.3) is 0 Å². The second kappa shape index (κ2) is 9.77. The number of sulfonamides is 1. The van der Waals surface area contributed by atoms with E-state index in [1.807, 2.05) is 30.3 Å². The first-order valence-corrected chi connectivity index (χ1v) is 12.2. The van der Waals surface area contributed by atoms with Gasteiger partial charge in [-0.3, -0.25) is 4.72 Å². The second-order valence-corrected chi connectivity index (χ2v) is 10.7. The van der Waals surface area contributed by atoms with Gasteiger partial charge in [0.2, 0.25) is 0 Å². The molecular weight excluding hydrogens is 452 g/mol. The van der Waals surface area contributed by atoms with Gasteiger partial charge in [0.15, 0.2) is 5.16 Å². The van der Waals surface area contributed by atoms with Gasteiger partial charge in [-0.1, -0.05) is 53.7 Å². The van der Waals surface area contributed by atoms with Crippen molar-refractivity contribution in [3.8, 4) is 0 Å². The lowest BCUT2D eigenvalue weighted by atomic mass is 10.2. The zero-order chi connectivity index (χ0) is 20.9. The first-order valence-electron chi connectivity index (χ1n) is 8.57. The SMILES string of the molecule is C[C@H](CO)Nc1cc(NS(=O)(=O)c2ccc(Cl)s2)nc(SCc2ccccc2)n1. The van der Waals surface area contributed by atoms with Crippen LogP contribution in [0, 0.1) is 0 Å². The lowest BCUT2D eigenvalue weighted by Gasteiger charge is -2.14. The molecule has 11 heteroatoms. The number of aliphatic hydroxyl groups is 1. The Balaban J connectivity index is 1.85. The smallest absolute Gasteiger partial charge is 0.272 e. The van der Waals surface area contributed by atoms with Crippen LogP contribution < -0.4 is 10.0 Å². The molecule has 0 aliphatic rings. The van der Waals surface area contributed by atoms with E-state index in [4.69, 9.17) is 11.6 Å². The predicted molar refractivity (Wildman–Crippen MR) is 118 cm³/mol. The minimum Gasteiger partial charge on any atom is -0.394 e. The number of anilines is 2. The van der Waals surface area contributed by atoms with Crippen molar-refractivity contribution in [2.45, 2.75) is 28.1 Å². The molecule has 2 heterocycles. The molecule has 0 saturated heterocycles. The summed E-state index contributed by atoms with van der Waals surface area (Å²) in [7, 11) is -3.82. The highest BCUT2D eigenvalue weighted by atomic mass is 35.5. The highest BCUT2D eigenvalue weighted by Gasteiger charge is 2.19. The van der Waals surface area contributed by atoms with Crippen LogP contribution in [0.3, 0.4) is 0 Å². The molecule has 1 aromatic carbocycles. The molecule has 0 bridgehead atoms. The van der Waals surface area contributed by atoms with Gasteiger partial charge in [0.1, 0.15) is 15.8 Å². The van der Waals surface area contributed by atoms with E-state index in [2.05, 4.69) is 20.0 Å². The van der Waals surface area contributed by atoms with Crippen molar-refractivity contribution >= 4 is 56.4 Å². The highest BCUT2D eigenvalue weighted by Crippen LogP contribution is 2.28. The van der Waals surface area contributed by atoms with E-state index in [1.54, 1.807) is 6.92 Å². The van der Waals surface area contributed by atoms with E-state index in [0.717, 1.165) is 16.9 Å². The predicted octanol–water partition coefficient (Wildman–Crippen LogP) is 4.08. The van der Waals surface area contributed by atoms with Gasteiger partial charge in [-0.25, -0.2) is 18.4 Å². The summed E-state index contributed by atoms with van der Waals surface area (Å²) < 4.78 is 28.2. The van der Waals surface area contributed by atoms with Crippen LogP contribution in [-0.2, 0) is 15.8 Å². The molecule has 154 valence electrons. The Hall–Kier alpha value is -1.85. The number of aromatic nitrogens is 2. The highest BCUT2D eigenvalue weighted by molar-refractivity contribution is 7.98. The standard InChI is InChI=1S/C18H19ClN4O3S3/c1-12(10-24)20-15-9-16(23-29(25,26)17-8-7-14(19)28-17)22-18(21-15)27-11-13-5-3-2-4-6-13/h2-9,12,24H,10-11H2,1H3,(H2,20,21,22,23)/t12-/m1/s1. The molecule has 0 unspecified atom stereocenters. The molecule has 29 heavy (non-hydrogen) atoms. The van der Waals surface area contributed by atoms with Crippen molar-refractivity contribution in [2.75, 3.05) is 16.6 Å². The Bertz CT molecular complexity index is 1060. The number of hydrogen-bond donors (Lipinski definition) is 3. The quantitative estimate of drug-likeness (QED) is 0.319. The van der Waals surface area contributed by atoms with Gasteiger partial charge in [0.25, 0.3) is 10.0 Å². The third kappa shape index (κ3) is 6.31. The van der Waals surface area contributed by atoms with Gasteiger partial charge in [-0.05, 0) is 24.6 Å². The third-order valence-corrected chi connectivity index (χ3v) is 7.63. The molecule has 0 fully saturated rings. The van der Waals surface area contributed by atoms with Crippen LogP contribution in [0.2, 0.25) is 4.34 Å². The van der Waals surface area contributed by atoms with E-state index in [1.165, 1.54) is 30.0 Å². The Morgan fingerprint density at radius 1 is 1.17 bits per heavy atom. The zero-order valence-electron chi connectivity index (χ0n) is 15.4. The number of thioether (sulfide) groups is 1. The van der Waals surface area contributed by atoms with Crippen LogP contribution in [-0.4, -0.2) is 36.1 Å². The molecular formula is C18H19ClN4O3S3. The summed E-state index contributed by atoms with van der Waals surface area (Å²) >= 11 is 8.20. The number of aliphatic hydroxyl groups excluding tert-OH is 1. The van der Waals surface area contributed by atoms with Crippen molar-refractivity contribution < 1.29 is 13.5 Å². The minimum absolute atomic E-state index is 0.0920. The molecule has 1 atom stereocenters. The maximum absolute atomic E-state index is 12.6. The number of thiophene rings is 1. The number of rotatable bonds is 9. The summed E-state index contributed by atoms with van der Waals surface area (Å²) in [5.41, 5.74) is 1.10. The number of halogens is 1. The molecule has 0 saturated carbocycles. The lowest BCUT2D eigenvalue weighted by molar-refractivity contribution is 0.281. The molecule has 7 nitrogen and oxygen atoms in total. The number of hydrogen-bond acceptors (Lipinski definition) is 8. The molecule has 0 aliphatic carbocycles. The van der Waals surface area contributed by atoms with Crippen LogP contribution in [0.15, 0.2) is 57.9 Å². The van der Waals surface area contributed by atoms with Crippen molar-refractivity contribution in [1.82, 2.24) is 9.97 Å². The van der Waals surface area contributed by atoms with Gasteiger partial charge in [-0.2, -0.15) is 0 Å². The van der Waals surface area contributed by atoms with Gasteiger partial charge in [-0.15, -0.1) is 11.3 Å². The molecule has 0 radical (unpaired) electrons. The van der Waals surface area contributed by atoms with E-state index in [-0.39, 0.29) is 22.7 Å². The number of nitrogens with zero attached hydrogens (tertiary/aromatic N) is 2. The first-order chi connectivity index (χ1) is 13.9. The van der Waals surface area contributed by atoms with Gasteiger partial charge in [0.05, 0.1) is 10.9 Å². The summed E-state index contributed by atoms with van der Waals surface area (Å²) in [5.74, 6) is 1.18. The first kappa shape index (κ1) is 21.8. The normalized spacial score (nSPS) is 12.5. The summed E-state index contributed by atoms with van der Waals surface area (Å²) in [6.07, 6.45) is 0. The fraction of sp³-hybridized carbons (Fsp3) is 0.222. The summed E-state index contributed by atoms with van der Waals surface area (Å²) in [6.45, 7) is 1.70. The zero-order valence-corrected chi connectivity index (χ0v) is 18.6. The Kier molecular flexibility index (Phi) is 7.36. The van der Waals surface area contributed by atoms with E-state index in [9.17, 15) is 13.5 Å². The lowest BCUT2D eigenvalue weighted by Crippen LogP contribution is -2.21. The van der Waals surface area contributed by atoms with E-state index in [0.29, 0.717) is 21.1 Å². The van der Waals surface area contributed by atoms with Crippen molar-refractivity contribution in [1.29, 1.82) is 0 Å². The fourth-order valence-electron chi connectivity index (χ4n) is 2.27. The number of nitrogens with one attached hydrogen (secondary N) is 2. The molecule has 3 N–H and O–H groups in total. The van der Waals surface area contributed by atoms with E-state index < -0.39 is 10.0 Å². The van der Waals surface area contributed by atoms with Crippen LogP contribution in [0.1, 0.15) is 12.5 Å². The third-order valence-electron chi connectivity index (χ3n) is 3.64. The van der Waals surface area contributed by atoms with Crippen LogP contribution in [0.5, 0.6) is 0 Å². The van der Waals surface area contributed by atoms with Crippen molar-refractivity contribution in [3.05, 3.63) is 58.4 Å². The average molecular weight is 471 g/mol. The second-order valence-electron chi connectivity index (χ2n) is 6.09. The summed E-state index contributed by atoms with van der Waals surface area (Å²) in [5, 5.41) is 12.7. The average Bonchev–Trinajstić information content (AvgIpc) is 3.14. The molecule has 0 spiro atoms. The molecule has 0 amide bonds. The van der Waals surface area contributed by atoms with Gasteiger partial charge < -0.3 is 10.4 Å². The number of benzene rings is 1. The summed E-state index contributed by atoms with van der Waals surface area (Å²) in [6, 6.07) is 14.0. The fourth-order valence-corrected chi connectivity index (χ4v) is 5.56. The molecule has 3 rings (SSSR count). The van der Waals surface area contributed by atoms with Crippen molar-refractivity contribution in [2.24, 2.45) is 0 Å². The molecule has 2 aromatic heterocycles. The molecule has 0 aliphatic heterocycles. The van der Waals surface area contributed by atoms with E-state index >= 15 is 0 Å². The Morgan fingerprint density at radius 2 is 1.90 bits per heavy atom. The van der Waals surface area contributed by atoms with Gasteiger partial charge in [0, 0.05) is 17.9 Å². The minimum atomic E-state index is -3.82. The van der Waals surface area contributed by atoms with Gasteiger partial charge >= 0.3 is 0 Å². The topological polar surface area (TPSA) is 104 Å². The Labute approximate surface area is 182 Å². The maximum atomic E-state index is 12.6. The monoisotopic (exact) mass is 470 g/mol. The maximum Gasteiger partial charge on any atom is 0.272 e. The van der Waals surface area contributed by atoms with Crippen molar-refractivity contribution in [3.63, 3.8) is 0 Å². The largest absolute Gasteiger partial charge is 0.394 e.